The summed E-state index contributed by atoms with van der Waals surface area (Å²) >= 11 is 0. The molecule has 4 heteroatoms. The molecular formula is C45H81NO3. The standard InChI is InChI=1S/C45H81NO3/c1-3-5-7-9-11-13-15-17-19-21-23-25-27-29-31-33-35-37-39-41-45(49)46-43(42-47)44(48)40-38-36-34-32-30-28-26-24-22-20-18-16-14-12-10-8-6-4-2/h11,13,15,17,22,24,30,32,38,40,43-44,47-48H,3-10,12,14,16,18-21,23,25-29,31,33-37,39,41-42H2,1-2H3,(H,46,49)/b13-11-,17-15-,24-22+,32-30+,40-38+. The summed E-state index contributed by atoms with van der Waals surface area (Å²) in [6, 6.07) is -0.648. The third-order valence-corrected chi connectivity index (χ3v) is 9.23. The zero-order valence-electron chi connectivity index (χ0n) is 32.4. The van der Waals surface area contributed by atoms with Crippen LogP contribution in [0, 0.1) is 0 Å². The molecule has 0 aliphatic rings. The number of aliphatic hydroxyl groups excluding tert-OH is 2. The normalized spacial score (nSPS) is 13.6. The van der Waals surface area contributed by atoms with Gasteiger partial charge in [-0.1, -0.05) is 184 Å². The SMILES string of the molecule is CCCCC/C=C\C=C/CCCCCCCCCCCCC(=O)NC(CO)C(O)/C=C/CC/C=C/CC/C=C/CCCCCCCCCC. The second-order valence-electron chi connectivity index (χ2n) is 14.1. The van der Waals surface area contributed by atoms with Gasteiger partial charge in [0, 0.05) is 6.42 Å². The third-order valence-electron chi connectivity index (χ3n) is 9.23. The van der Waals surface area contributed by atoms with E-state index in [4.69, 9.17) is 0 Å². The molecule has 49 heavy (non-hydrogen) atoms. The predicted molar refractivity (Wildman–Crippen MR) is 216 cm³/mol. The molecule has 284 valence electrons. The van der Waals surface area contributed by atoms with Gasteiger partial charge in [-0.05, 0) is 70.6 Å². The molecule has 2 unspecified atom stereocenters. The van der Waals surface area contributed by atoms with Crippen molar-refractivity contribution in [3.8, 4) is 0 Å². The summed E-state index contributed by atoms with van der Waals surface area (Å²) in [5.41, 5.74) is 0. The zero-order valence-corrected chi connectivity index (χ0v) is 32.4. The Bertz CT molecular complexity index is 827. The molecule has 0 saturated carbocycles. The molecule has 2 atom stereocenters. The number of carbonyl (C=O) groups excluding carboxylic acids is 1. The summed E-state index contributed by atoms with van der Waals surface area (Å²) in [5, 5.41) is 23.0. The molecule has 0 saturated heterocycles. The summed E-state index contributed by atoms with van der Waals surface area (Å²) in [6.45, 7) is 4.25. The van der Waals surface area contributed by atoms with Gasteiger partial charge in [-0.25, -0.2) is 0 Å². The summed E-state index contributed by atoms with van der Waals surface area (Å²) in [5.74, 6) is -0.0841. The van der Waals surface area contributed by atoms with Crippen molar-refractivity contribution in [2.24, 2.45) is 0 Å². The average Bonchev–Trinajstić information content (AvgIpc) is 3.10. The highest BCUT2D eigenvalue weighted by Gasteiger charge is 2.17. The predicted octanol–water partition coefficient (Wildman–Crippen LogP) is 13.0. The van der Waals surface area contributed by atoms with Crippen LogP contribution >= 0.6 is 0 Å². The Balaban J connectivity index is 3.67. The molecule has 0 aliphatic heterocycles. The van der Waals surface area contributed by atoms with E-state index in [-0.39, 0.29) is 12.5 Å². The van der Waals surface area contributed by atoms with Crippen molar-refractivity contribution in [2.75, 3.05) is 6.61 Å². The quantitative estimate of drug-likeness (QED) is 0.0347. The first-order valence-electron chi connectivity index (χ1n) is 21.0. The minimum atomic E-state index is -0.872. The van der Waals surface area contributed by atoms with E-state index in [1.54, 1.807) is 6.08 Å². The highest BCUT2D eigenvalue weighted by molar-refractivity contribution is 5.76. The summed E-state index contributed by atoms with van der Waals surface area (Å²) < 4.78 is 0. The Kier molecular flexibility index (Phi) is 38.9. The topological polar surface area (TPSA) is 69.6 Å². The summed E-state index contributed by atoms with van der Waals surface area (Å²) in [7, 11) is 0. The largest absolute Gasteiger partial charge is 0.394 e. The Morgan fingerprint density at radius 1 is 0.490 bits per heavy atom. The zero-order chi connectivity index (χ0) is 35.7. The number of unbranched alkanes of at least 4 members (excludes halogenated alkanes) is 23. The van der Waals surface area contributed by atoms with Gasteiger partial charge in [-0.2, -0.15) is 0 Å². The maximum Gasteiger partial charge on any atom is 0.220 e. The van der Waals surface area contributed by atoms with Gasteiger partial charge in [-0.3, -0.25) is 4.79 Å². The molecule has 0 aromatic rings. The van der Waals surface area contributed by atoms with Gasteiger partial charge < -0.3 is 15.5 Å². The molecular weight excluding hydrogens is 602 g/mol. The smallest absolute Gasteiger partial charge is 0.220 e. The van der Waals surface area contributed by atoms with Crippen molar-refractivity contribution < 1.29 is 15.0 Å². The number of rotatable bonds is 37. The first kappa shape index (κ1) is 47.1. The van der Waals surface area contributed by atoms with Crippen molar-refractivity contribution in [1.29, 1.82) is 0 Å². The average molecular weight is 684 g/mol. The first-order valence-corrected chi connectivity index (χ1v) is 21.0. The number of allylic oxidation sites excluding steroid dienone is 9. The van der Waals surface area contributed by atoms with Crippen LogP contribution in [0.4, 0.5) is 0 Å². The lowest BCUT2D eigenvalue weighted by atomic mass is 10.0. The Morgan fingerprint density at radius 2 is 0.857 bits per heavy atom. The summed E-state index contributed by atoms with van der Waals surface area (Å²) in [6.07, 6.45) is 56.0. The molecule has 0 aliphatic carbocycles. The van der Waals surface area contributed by atoms with Crippen molar-refractivity contribution in [1.82, 2.24) is 5.32 Å². The molecule has 1 amide bonds. The highest BCUT2D eigenvalue weighted by Crippen LogP contribution is 2.13. The van der Waals surface area contributed by atoms with Crippen LogP contribution in [-0.4, -0.2) is 34.9 Å². The van der Waals surface area contributed by atoms with E-state index in [1.807, 2.05) is 6.08 Å². The first-order chi connectivity index (χ1) is 24.2. The fourth-order valence-electron chi connectivity index (χ4n) is 5.96. The highest BCUT2D eigenvalue weighted by atomic mass is 16.3. The number of aliphatic hydroxyl groups is 2. The number of nitrogens with one attached hydrogen (secondary N) is 1. The van der Waals surface area contributed by atoms with E-state index in [0.717, 1.165) is 38.5 Å². The Hall–Kier alpha value is -1.91. The second kappa shape index (κ2) is 40.5. The van der Waals surface area contributed by atoms with E-state index in [9.17, 15) is 15.0 Å². The monoisotopic (exact) mass is 684 g/mol. The maximum atomic E-state index is 12.4. The van der Waals surface area contributed by atoms with Crippen LogP contribution in [0.1, 0.15) is 200 Å². The van der Waals surface area contributed by atoms with Gasteiger partial charge in [0.15, 0.2) is 0 Å². The van der Waals surface area contributed by atoms with Crippen LogP contribution in [0.15, 0.2) is 60.8 Å². The van der Waals surface area contributed by atoms with Crippen LogP contribution in [-0.2, 0) is 4.79 Å². The second-order valence-corrected chi connectivity index (χ2v) is 14.1. The lowest BCUT2D eigenvalue weighted by Crippen LogP contribution is -2.45. The maximum absolute atomic E-state index is 12.4. The molecule has 0 rings (SSSR count). The fourth-order valence-corrected chi connectivity index (χ4v) is 5.96. The Labute approximate surface area is 305 Å². The molecule has 0 spiro atoms. The van der Waals surface area contributed by atoms with E-state index >= 15 is 0 Å². The minimum absolute atomic E-state index is 0.0841. The fraction of sp³-hybridized carbons (Fsp3) is 0.756. The van der Waals surface area contributed by atoms with E-state index in [1.165, 1.54) is 141 Å². The van der Waals surface area contributed by atoms with E-state index < -0.39 is 12.1 Å². The van der Waals surface area contributed by atoms with Crippen LogP contribution in [0.3, 0.4) is 0 Å². The van der Waals surface area contributed by atoms with Gasteiger partial charge in [0.25, 0.3) is 0 Å². The van der Waals surface area contributed by atoms with Crippen LogP contribution in [0.5, 0.6) is 0 Å². The minimum Gasteiger partial charge on any atom is -0.394 e. The molecule has 4 nitrogen and oxygen atoms in total. The molecule has 0 bridgehead atoms. The lowest BCUT2D eigenvalue weighted by molar-refractivity contribution is -0.123. The van der Waals surface area contributed by atoms with E-state index in [0.29, 0.717) is 6.42 Å². The number of hydrogen-bond donors (Lipinski definition) is 3. The van der Waals surface area contributed by atoms with Crippen molar-refractivity contribution in [3.05, 3.63) is 60.8 Å². The van der Waals surface area contributed by atoms with Gasteiger partial charge in [-0.15, -0.1) is 0 Å². The number of hydrogen-bond acceptors (Lipinski definition) is 3. The van der Waals surface area contributed by atoms with Crippen LogP contribution in [0.2, 0.25) is 0 Å². The van der Waals surface area contributed by atoms with Gasteiger partial charge in [0.1, 0.15) is 0 Å². The molecule has 0 heterocycles. The molecule has 0 fully saturated rings. The molecule has 0 aromatic heterocycles. The van der Waals surface area contributed by atoms with Crippen molar-refractivity contribution in [2.45, 2.75) is 212 Å². The van der Waals surface area contributed by atoms with E-state index in [2.05, 4.69) is 67.8 Å². The third kappa shape index (κ3) is 37.2. The summed E-state index contributed by atoms with van der Waals surface area (Å²) in [4.78, 5) is 12.4. The van der Waals surface area contributed by atoms with Gasteiger partial charge >= 0.3 is 0 Å². The molecule has 3 N–H and O–H groups in total. The van der Waals surface area contributed by atoms with Crippen LogP contribution < -0.4 is 5.32 Å². The van der Waals surface area contributed by atoms with Gasteiger partial charge in [0.2, 0.25) is 5.91 Å². The lowest BCUT2D eigenvalue weighted by Gasteiger charge is -2.19. The number of amides is 1. The number of carbonyl (C=O) groups is 1. The molecule has 0 radical (unpaired) electrons. The van der Waals surface area contributed by atoms with Crippen molar-refractivity contribution in [3.63, 3.8) is 0 Å². The van der Waals surface area contributed by atoms with Crippen molar-refractivity contribution >= 4 is 5.91 Å². The molecule has 0 aromatic carbocycles. The Morgan fingerprint density at radius 3 is 1.35 bits per heavy atom. The van der Waals surface area contributed by atoms with Gasteiger partial charge in [0.05, 0.1) is 18.8 Å². The van der Waals surface area contributed by atoms with Crippen LogP contribution in [0.25, 0.3) is 0 Å².